The number of hydrogen-bond donors (Lipinski definition) is 2. The minimum atomic E-state index is -0.568. The van der Waals surface area contributed by atoms with Crippen LogP contribution in [-0.2, 0) is 4.79 Å². The molecule has 0 radical (unpaired) electrons. The summed E-state index contributed by atoms with van der Waals surface area (Å²) in [6.07, 6.45) is 0. The second-order valence-corrected chi connectivity index (χ2v) is 6.46. The largest absolute Gasteiger partial charge is 0.486 e. The smallest absolute Gasteiger partial charge is 0.321 e. The molecule has 0 spiro atoms. The fourth-order valence-corrected chi connectivity index (χ4v) is 3.43. The minimum Gasteiger partial charge on any atom is -0.486 e. The fraction of sp³-hybridized carbons (Fsp3) is 0.222. The zero-order valence-corrected chi connectivity index (χ0v) is 14.5. The van der Waals surface area contributed by atoms with E-state index in [0.717, 1.165) is 10.5 Å². The highest BCUT2D eigenvalue weighted by molar-refractivity contribution is 8.00. The van der Waals surface area contributed by atoms with Gasteiger partial charge in [-0.1, -0.05) is 30.3 Å². The van der Waals surface area contributed by atoms with Crippen LogP contribution in [0.2, 0.25) is 0 Å². The third-order valence-corrected chi connectivity index (χ3v) is 4.82. The first-order chi connectivity index (χ1) is 12.2. The average molecular weight is 358 g/mol. The van der Waals surface area contributed by atoms with Gasteiger partial charge in [0.2, 0.25) is 5.91 Å². The van der Waals surface area contributed by atoms with Gasteiger partial charge in [0.15, 0.2) is 11.5 Å². The monoisotopic (exact) mass is 358 g/mol. The minimum absolute atomic E-state index is 0.384. The first kappa shape index (κ1) is 17.2. The van der Waals surface area contributed by atoms with Crippen LogP contribution in [0.4, 0.5) is 4.79 Å². The summed E-state index contributed by atoms with van der Waals surface area (Å²) in [7, 11) is 1.47. The van der Waals surface area contributed by atoms with Crippen LogP contribution in [0.3, 0.4) is 0 Å². The van der Waals surface area contributed by atoms with Crippen LogP contribution in [0.15, 0.2) is 53.4 Å². The van der Waals surface area contributed by atoms with Gasteiger partial charge in [-0.3, -0.25) is 10.1 Å². The average Bonchev–Trinajstić information content (AvgIpc) is 2.66. The number of rotatable bonds is 4. The van der Waals surface area contributed by atoms with Crippen LogP contribution in [0.25, 0.3) is 0 Å². The molecule has 1 atom stereocenters. The third-order valence-electron chi connectivity index (χ3n) is 3.57. The van der Waals surface area contributed by atoms with E-state index in [1.54, 1.807) is 0 Å². The quantitative estimate of drug-likeness (QED) is 0.822. The molecule has 3 rings (SSSR count). The fourth-order valence-electron chi connectivity index (χ4n) is 2.37. The summed E-state index contributed by atoms with van der Waals surface area (Å²) in [5.41, 5.74) is 0.809. The Bertz CT molecular complexity index is 767. The number of carbonyl (C=O) groups is 2. The molecule has 1 heterocycles. The lowest BCUT2D eigenvalue weighted by Crippen LogP contribution is -2.39. The van der Waals surface area contributed by atoms with Crippen LogP contribution in [0.5, 0.6) is 11.5 Å². The molecule has 0 aliphatic carbocycles. The van der Waals surface area contributed by atoms with E-state index in [1.807, 2.05) is 48.5 Å². The molecule has 1 aliphatic rings. The Hall–Kier alpha value is -2.67. The summed E-state index contributed by atoms with van der Waals surface area (Å²) in [6, 6.07) is 14.3. The number of benzene rings is 2. The van der Waals surface area contributed by atoms with E-state index in [9.17, 15) is 9.59 Å². The van der Waals surface area contributed by atoms with Gasteiger partial charge < -0.3 is 14.8 Å². The zero-order chi connectivity index (χ0) is 17.6. The van der Waals surface area contributed by atoms with Crippen molar-refractivity contribution in [1.29, 1.82) is 0 Å². The Labute approximate surface area is 149 Å². The number of imide groups is 1. The van der Waals surface area contributed by atoms with Crippen molar-refractivity contribution in [2.45, 2.75) is 10.1 Å². The first-order valence-corrected chi connectivity index (χ1v) is 8.69. The van der Waals surface area contributed by atoms with Crippen LogP contribution in [0, 0.1) is 0 Å². The van der Waals surface area contributed by atoms with Gasteiger partial charge >= 0.3 is 6.03 Å². The van der Waals surface area contributed by atoms with Crippen molar-refractivity contribution in [3.05, 3.63) is 54.1 Å². The third kappa shape index (κ3) is 4.24. The summed E-state index contributed by atoms with van der Waals surface area (Å²) in [5, 5.41) is 4.17. The second-order valence-electron chi connectivity index (χ2n) is 5.28. The van der Waals surface area contributed by atoms with Crippen LogP contribution >= 0.6 is 11.8 Å². The molecule has 0 saturated carbocycles. The molecule has 3 amide bonds. The molecule has 0 fully saturated rings. The van der Waals surface area contributed by atoms with Crippen LogP contribution < -0.4 is 20.1 Å². The zero-order valence-electron chi connectivity index (χ0n) is 13.7. The number of carbonyl (C=O) groups excluding carboxylic acids is 2. The van der Waals surface area contributed by atoms with Crippen LogP contribution in [-0.4, -0.2) is 32.2 Å². The van der Waals surface area contributed by atoms with Crippen LogP contribution in [0.1, 0.15) is 10.8 Å². The van der Waals surface area contributed by atoms with Crippen molar-refractivity contribution in [1.82, 2.24) is 10.6 Å². The molecule has 0 saturated heterocycles. The number of fused-ring (bicyclic) bond motifs is 1. The summed E-state index contributed by atoms with van der Waals surface area (Å²) in [5.74, 6) is 0.974. The predicted molar refractivity (Wildman–Crippen MR) is 95.1 cm³/mol. The summed E-state index contributed by atoms with van der Waals surface area (Å²) < 4.78 is 11.1. The highest BCUT2D eigenvalue weighted by Crippen LogP contribution is 2.40. The Kier molecular flexibility index (Phi) is 5.45. The van der Waals surface area contributed by atoms with Gasteiger partial charge in [-0.05, 0) is 23.8 Å². The van der Waals surface area contributed by atoms with Gasteiger partial charge in [0.05, 0.1) is 0 Å². The van der Waals surface area contributed by atoms with E-state index in [4.69, 9.17) is 9.47 Å². The molecular weight excluding hydrogens is 340 g/mol. The number of ether oxygens (including phenoxy) is 2. The number of amides is 3. The van der Waals surface area contributed by atoms with Crippen molar-refractivity contribution in [2.75, 3.05) is 20.3 Å². The Morgan fingerprint density at radius 3 is 2.48 bits per heavy atom. The number of hydrogen-bond acceptors (Lipinski definition) is 5. The SMILES string of the molecule is CNC(=O)NC(=O)[C@H](Sc1ccc2c(c1)OCCO2)c1ccccc1. The summed E-state index contributed by atoms with van der Waals surface area (Å²) in [4.78, 5) is 24.9. The highest BCUT2D eigenvalue weighted by atomic mass is 32.2. The molecule has 2 aromatic rings. The van der Waals surface area contributed by atoms with E-state index >= 15 is 0 Å². The topological polar surface area (TPSA) is 76.7 Å². The Balaban J connectivity index is 1.84. The number of thioether (sulfide) groups is 1. The maximum atomic E-state index is 12.6. The van der Waals surface area contributed by atoms with E-state index in [2.05, 4.69) is 10.6 Å². The lowest BCUT2D eigenvalue weighted by Gasteiger charge is -2.20. The number of nitrogens with one attached hydrogen (secondary N) is 2. The van der Waals surface area contributed by atoms with Gasteiger partial charge in [0, 0.05) is 11.9 Å². The maximum Gasteiger partial charge on any atom is 0.321 e. The normalized spacial score (nSPS) is 13.6. The van der Waals surface area contributed by atoms with Gasteiger partial charge in [-0.2, -0.15) is 0 Å². The van der Waals surface area contributed by atoms with E-state index in [0.29, 0.717) is 24.7 Å². The van der Waals surface area contributed by atoms with Crippen molar-refractivity contribution in [3.63, 3.8) is 0 Å². The van der Waals surface area contributed by atoms with Gasteiger partial charge in [-0.15, -0.1) is 11.8 Å². The van der Waals surface area contributed by atoms with E-state index < -0.39 is 11.3 Å². The van der Waals surface area contributed by atoms with E-state index in [1.165, 1.54) is 18.8 Å². The van der Waals surface area contributed by atoms with Gasteiger partial charge in [0.1, 0.15) is 18.5 Å². The lowest BCUT2D eigenvalue weighted by molar-refractivity contribution is -0.119. The maximum absolute atomic E-state index is 12.6. The molecule has 0 bridgehead atoms. The molecule has 130 valence electrons. The Morgan fingerprint density at radius 2 is 1.76 bits per heavy atom. The van der Waals surface area contributed by atoms with Gasteiger partial charge in [-0.25, -0.2) is 4.79 Å². The first-order valence-electron chi connectivity index (χ1n) is 7.81. The van der Waals surface area contributed by atoms with Crippen molar-refractivity contribution in [3.8, 4) is 11.5 Å². The molecule has 2 aromatic carbocycles. The summed E-state index contributed by atoms with van der Waals surface area (Å²) in [6.45, 7) is 1.03. The number of urea groups is 1. The summed E-state index contributed by atoms with van der Waals surface area (Å²) >= 11 is 1.35. The molecule has 25 heavy (non-hydrogen) atoms. The Morgan fingerprint density at radius 1 is 1.04 bits per heavy atom. The highest BCUT2D eigenvalue weighted by Gasteiger charge is 2.24. The molecule has 0 aromatic heterocycles. The van der Waals surface area contributed by atoms with Gasteiger partial charge in [0.25, 0.3) is 0 Å². The molecule has 6 nitrogen and oxygen atoms in total. The van der Waals surface area contributed by atoms with Crippen molar-refractivity contribution in [2.24, 2.45) is 0 Å². The predicted octanol–water partition coefficient (Wildman–Crippen LogP) is 2.75. The standard InChI is InChI=1S/C18H18N2O4S/c1-19-18(22)20-17(21)16(12-5-3-2-4-6-12)25-13-7-8-14-15(11-13)24-10-9-23-14/h2-8,11,16H,9-10H2,1H3,(H2,19,20,21,22)/t16-/m1/s1. The molecule has 1 aliphatic heterocycles. The lowest BCUT2D eigenvalue weighted by atomic mass is 10.1. The van der Waals surface area contributed by atoms with Crippen molar-refractivity contribution >= 4 is 23.7 Å². The van der Waals surface area contributed by atoms with E-state index in [-0.39, 0.29) is 5.91 Å². The molecule has 2 N–H and O–H groups in total. The van der Waals surface area contributed by atoms with Crippen molar-refractivity contribution < 1.29 is 19.1 Å². The molecule has 7 heteroatoms. The molecular formula is C18H18N2O4S. The second kappa shape index (κ2) is 7.94. The molecule has 0 unspecified atom stereocenters.